The van der Waals surface area contributed by atoms with Crippen molar-refractivity contribution in [2.45, 2.75) is 84.2 Å². The van der Waals surface area contributed by atoms with Crippen molar-refractivity contribution >= 4 is 5.97 Å². The molecule has 0 aromatic rings. The Labute approximate surface area is 106 Å². The summed E-state index contributed by atoms with van der Waals surface area (Å²) in [4.78, 5) is 11.4. The van der Waals surface area contributed by atoms with E-state index in [1.165, 1.54) is 19.3 Å². The lowest BCUT2D eigenvalue weighted by Crippen LogP contribution is -2.57. The van der Waals surface area contributed by atoms with Crippen LogP contribution < -0.4 is 5.32 Å². The van der Waals surface area contributed by atoms with Crippen LogP contribution in [0.4, 0.5) is 0 Å². The summed E-state index contributed by atoms with van der Waals surface area (Å²) in [7, 11) is 0. The molecular weight excluding hydrogens is 214 g/mol. The molecule has 2 N–H and O–H groups in total. The zero-order chi connectivity index (χ0) is 13.5. The summed E-state index contributed by atoms with van der Waals surface area (Å²) in [5, 5.41) is 12.6. The van der Waals surface area contributed by atoms with E-state index in [-0.39, 0.29) is 5.54 Å². The summed E-state index contributed by atoms with van der Waals surface area (Å²) in [6, 6.07) is 0. The van der Waals surface area contributed by atoms with Gasteiger partial charge < -0.3 is 5.11 Å². The van der Waals surface area contributed by atoms with Gasteiger partial charge in [0.25, 0.3) is 0 Å². The van der Waals surface area contributed by atoms with Gasteiger partial charge in [-0.15, -0.1) is 0 Å². The SMILES string of the molecule is CCCCCCCC(C)(NC(C)(C)C)C(=O)O. The van der Waals surface area contributed by atoms with Gasteiger partial charge in [-0.05, 0) is 34.1 Å². The Hall–Kier alpha value is -0.570. The molecule has 1 unspecified atom stereocenters. The number of nitrogens with one attached hydrogen (secondary N) is 1. The molecule has 0 saturated heterocycles. The summed E-state index contributed by atoms with van der Waals surface area (Å²) in [6.07, 6.45) is 6.48. The number of carbonyl (C=O) groups is 1. The number of rotatable bonds is 8. The Balaban J connectivity index is 4.19. The molecule has 0 radical (unpaired) electrons. The van der Waals surface area contributed by atoms with Gasteiger partial charge in [0.05, 0.1) is 0 Å². The highest BCUT2D eigenvalue weighted by molar-refractivity contribution is 5.78. The number of hydrogen-bond donors (Lipinski definition) is 2. The molecule has 3 nitrogen and oxygen atoms in total. The average molecular weight is 243 g/mol. The highest BCUT2D eigenvalue weighted by Gasteiger charge is 2.35. The summed E-state index contributed by atoms with van der Waals surface area (Å²) >= 11 is 0. The lowest BCUT2D eigenvalue weighted by molar-refractivity contribution is -0.145. The molecule has 0 amide bonds. The highest BCUT2D eigenvalue weighted by atomic mass is 16.4. The Morgan fingerprint density at radius 1 is 1.06 bits per heavy atom. The van der Waals surface area contributed by atoms with E-state index in [2.05, 4.69) is 12.2 Å². The molecule has 1 atom stereocenters. The van der Waals surface area contributed by atoms with Gasteiger partial charge in [0.2, 0.25) is 0 Å². The van der Waals surface area contributed by atoms with E-state index in [4.69, 9.17) is 0 Å². The van der Waals surface area contributed by atoms with E-state index in [1.54, 1.807) is 6.92 Å². The van der Waals surface area contributed by atoms with Crippen LogP contribution in [0, 0.1) is 0 Å². The Morgan fingerprint density at radius 3 is 2.00 bits per heavy atom. The molecule has 0 heterocycles. The maximum Gasteiger partial charge on any atom is 0.323 e. The Morgan fingerprint density at radius 2 is 1.59 bits per heavy atom. The first kappa shape index (κ1) is 16.4. The predicted molar refractivity (Wildman–Crippen MR) is 72.3 cm³/mol. The summed E-state index contributed by atoms with van der Waals surface area (Å²) in [6.45, 7) is 9.99. The van der Waals surface area contributed by atoms with Gasteiger partial charge in [-0.25, -0.2) is 0 Å². The number of unbranched alkanes of at least 4 members (excludes halogenated alkanes) is 4. The number of carboxylic acids is 1. The molecule has 102 valence electrons. The van der Waals surface area contributed by atoms with Crippen molar-refractivity contribution in [2.24, 2.45) is 0 Å². The summed E-state index contributed by atoms with van der Waals surface area (Å²) < 4.78 is 0. The molecule has 0 bridgehead atoms. The minimum Gasteiger partial charge on any atom is -0.480 e. The van der Waals surface area contributed by atoms with E-state index in [1.807, 2.05) is 20.8 Å². The first-order chi connectivity index (χ1) is 7.71. The normalized spacial score (nSPS) is 15.6. The van der Waals surface area contributed by atoms with Crippen LogP contribution in [0.15, 0.2) is 0 Å². The first-order valence-corrected chi connectivity index (χ1v) is 6.74. The van der Waals surface area contributed by atoms with Crippen molar-refractivity contribution in [3.05, 3.63) is 0 Å². The minimum absolute atomic E-state index is 0.170. The second-order valence-electron chi connectivity index (χ2n) is 6.18. The van der Waals surface area contributed by atoms with Gasteiger partial charge in [-0.2, -0.15) is 0 Å². The largest absolute Gasteiger partial charge is 0.480 e. The monoisotopic (exact) mass is 243 g/mol. The van der Waals surface area contributed by atoms with Gasteiger partial charge in [-0.1, -0.05) is 39.0 Å². The van der Waals surface area contributed by atoms with Crippen molar-refractivity contribution < 1.29 is 9.90 Å². The van der Waals surface area contributed by atoms with Crippen LogP contribution in [0.25, 0.3) is 0 Å². The summed E-state index contributed by atoms with van der Waals surface area (Å²) in [5.41, 5.74) is -0.971. The third-order valence-corrected chi connectivity index (χ3v) is 2.90. The lowest BCUT2D eigenvalue weighted by Gasteiger charge is -2.34. The summed E-state index contributed by atoms with van der Waals surface area (Å²) in [5.74, 6) is -0.747. The van der Waals surface area contributed by atoms with E-state index in [9.17, 15) is 9.90 Å². The standard InChI is InChI=1S/C14H29NO2/c1-6-7-8-9-10-11-14(5,12(16)17)15-13(2,3)4/h15H,6-11H2,1-5H3,(H,16,17). The van der Waals surface area contributed by atoms with E-state index < -0.39 is 11.5 Å². The fourth-order valence-corrected chi connectivity index (χ4v) is 2.13. The molecule has 0 aliphatic carbocycles. The Kier molecular flexibility index (Phi) is 6.76. The molecule has 0 aromatic heterocycles. The average Bonchev–Trinajstić information content (AvgIpc) is 2.14. The van der Waals surface area contributed by atoms with E-state index in [0.717, 1.165) is 12.8 Å². The topological polar surface area (TPSA) is 49.3 Å². The molecule has 0 aromatic carbocycles. The number of aliphatic carboxylic acids is 1. The number of hydrogen-bond acceptors (Lipinski definition) is 2. The third kappa shape index (κ3) is 7.37. The van der Waals surface area contributed by atoms with Crippen molar-refractivity contribution in [3.8, 4) is 0 Å². The van der Waals surface area contributed by atoms with E-state index in [0.29, 0.717) is 6.42 Å². The second kappa shape index (κ2) is 7.00. The quantitative estimate of drug-likeness (QED) is 0.641. The fourth-order valence-electron chi connectivity index (χ4n) is 2.13. The molecule has 3 heteroatoms. The number of carboxylic acid groups (broad SMARTS) is 1. The van der Waals surface area contributed by atoms with Crippen LogP contribution in [0.5, 0.6) is 0 Å². The van der Waals surface area contributed by atoms with Crippen LogP contribution in [-0.2, 0) is 4.79 Å². The van der Waals surface area contributed by atoms with Crippen molar-refractivity contribution in [2.75, 3.05) is 0 Å². The van der Waals surface area contributed by atoms with Gasteiger partial charge in [0.15, 0.2) is 0 Å². The fraction of sp³-hybridized carbons (Fsp3) is 0.929. The smallest absolute Gasteiger partial charge is 0.323 e. The second-order valence-corrected chi connectivity index (χ2v) is 6.18. The molecule has 0 fully saturated rings. The van der Waals surface area contributed by atoms with Crippen molar-refractivity contribution in [1.82, 2.24) is 5.32 Å². The molecule has 0 aliphatic rings. The van der Waals surface area contributed by atoms with Crippen LogP contribution in [0.3, 0.4) is 0 Å². The molecule has 17 heavy (non-hydrogen) atoms. The van der Waals surface area contributed by atoms with Crippen LogP contribution in [0.1, 0.15) is 73.1 Å². The van der Waals surface area contributed by atoms with Gasteiger partial charge >= 0.3 is 5.97 Å². The molecule has 0 rings (SSSR count). The molecule has 0 spiro atoms. The van der Waals surface area contributed by atoms with Crippen LogP contribution >= 0.6 is 0 Å². The van der Waals surface area contributed by atoms with Crippen molar-refractivity contribution in [3.63, 3.8) is 0 Å². The highest BCUT2D eigenvalue weighted by Crippen LogP contribution is 2.19. The Bertz CT molecular complexity index is 233. The predicted octanol–water partition coefficient (Wildman–Crippen LogP) is 3.58. The van der Waals surface area contributed by atoms with Gasteiger partial charge in [0.1, 0.15) is 5.54 Å². The molecule has 0 aliphatic heterocycles. The van der Waals surface area contributed by atoms with E-state index >= 15 is 0 Å². The third-order valence-electron chi connectivity index (χ3n) is 2.90. The first-order valence-electron chi connectivity index (χ1n) is 6.74. The maximum absolute atomic E-state index is 11.4. The van der Waals surface area contributed by atoms with Crippen LogP contribution in [-0.4, -0.2) is 22.2 Å². The van der Waals surface area contributed by atoms with Gasteiger partial charge in [0, 0.05) is 5.54 Å². The maximum atomic E-state index is 11.4. The molecular formula is C14H29NO2. The lowest BCUT2D eigenvalue weighted by atomic mass is 9.90. The minimum atomic E-state index is -0.801. The van der Waals surface area contributed by atoms with Gasteiger partial charge in [-0.3, -0.25) is 10.1 Å². The zero-order valence-electron chi connectivity index (χ0n) is 12.1. The van der Waals surface area contributed by atoms with Crippen molar-refractivity contribution in [1.29, 1.82) is 0 Å². The van der Waals surface area contributed by atoms with Crippen LogP contribution in [0.2, 0.25) is 0 Å². The zero-order valence-corrected chi connectivity index (χ0v) is 12.1. The molecule has 0 saturated carbocycles.